The van der Waals surface area contributed by atoms with Gasteiger partial charge in [-0.3, -0.25) is 9.59 Å². The third kappa shape index (κ3) is 53.9. The van der Waals surface area contributed by atoms with Crippen LogP contribution in [0.4, 0.5) is 0 Å². The third-order valence-electron chi connectivity index (χ3n) is 14.6. The average molecular weight is 961 g/mol. The lowest BCUT2D eigenvalue weighted by Gasteiger charge is -2.22. The molecule has 0 aliphatic rings. The van der Waals surface area contributed by atoms with Crippen molar-refractivity contribution in [3.63, 3.8) is 0 Å². The summed E-state index contributed by atoms with van der Waals surface area (Å²) in [6.45, 7) is 4.97. The lowest BCUT2D eigenvalue weighted by Crippen LogP contribution is -2.45. The molecule has 0 aliphatic heterocycles. The van der Waals surface area contributed by atoms with Crippen LogP contribution in [0.25, 0.3) is 0 Å². The number of amides is 1. The van der Waals surface area contributed by atoms with Gasteiger partial charge in [-0.15, -0.1) is 0 Å². The molecule has 6 heteroatoms. The van der Waals surface area contributed by atoms with Crippen LogP contribution in [0.3, 0.4) is 0 Å². The Morgan fingerprint density at radius 1 is 0.397 bits per heavy atom. The molecule has 0 saturated carbocycles. The molecule has 1 amide bonds. The number of esters is 1. The van der Waals surface area contributed by atoms with E-state index in [4.69, 9.17) is 4.74 Å². The molecule has 0 fully saturated rings. The fraction of sp³-hybridized carbons (Fsp3) is 0.935. The molecule has 2 unspecified atom stereocenters. The topological polar surface area (TPSA) is 95.9 Å². The van der Waals surface area contributed by atoms with Gasteiger partial charge < -0.3 is 20.3 Å². The molecule has 0 spiro atoms. The Morgan fingerprint density at radius 2 is 0.691 bits per heavy atom. The first-order valence-electron chi connectivity index (χ1n) is 30.9. The molecule has 0 aromatic rings. The maximum atomic E-state index is 12.5. The Hall–Kier alpha value is -1.40. The summed E-state index contributed by atoms with van der Waals surface area (Å²) in [4.78, 5) is 24.6. The van der Waals surface area contributed by atoms with Crippen molar-refractivity contribution in [2.45, 2.75) is 360 Å². The molecule has 404 valence electrons. The first kappa shape index (κ1) is 66.6. The number of carbonyl (C=O) groups excluding carboxylic acids is 2. The first-order chi connectivity index (χ1) is 33.5. The largest absolute Gasteiger partial charge is 0.466 e. The number of carbonyl (C=O) groups is 2. The molecule has 3 N–H and O–H groups in total. The third-order valence-corrected chi connectivity index (χ3v) is 14.6. The zero-order valence-electron chi connectivity index (χ0n) is 46.1. The van der Waals surface area contributed by atoms with E-state index in [0.717, 1.165) is 38.5 Å². The highest BCUT2D eigenvalue weighted by Gasteiger charge is 2.20. The predicted octanol–water partition coefficient (Wildman–Crippen LogP) is 19.2. The van der Waals surface area contributed by atoms with Crippen LogP contribution in [0.15, 0.2) is 12.2 Å². The Bertz CT molecular complexity index is 1020. The van der Waals surface area contributed by atoms with Crippen molar-refractivity contribution in [1.82, 2.24) is 5.32 Å². The minimum atomic E-state index is -0.668. The lowest BCUT2D eigenvalue weighted by atomic mass is 10.0. The molecule has 0 radical (unpaired) electrons. The minimum Gasteiger partial charge on any atom is -0.466 e. The Kier molecular flexibility index (Phi) is 57.0. The summed E-state index contributed by atoms with van der Waals surface area (Å²) in [5.41, 5.74) is 0. The Balaban J connectivity index is 3.40. The zero-order chi connectivity index (χ0) is 49.3. The van der Waals surface area contributed by atoms with Gasteiger partial charge in [0.05, 0.1) is 25.4 Å². The van der Waals surface area contributed by atoms with Gasteiger partial charge >= 0.3 is 5.97 Å². The number of allylic oxidation sites excluding steroid dienone is 2. The summed E-state index contributed by atoms with van der Waals surface area (Å²) in [7, 11) is 0. The van der Waals surface area contributed by atoms with Crippen LogP contribution in [0.1, 0.15) is 348 Å². The standard InChI is InChI=1S/C62H121NO5/c1-3-5-7-9-11-13-15-17-19-24-28-32-36-40-44-48-52-56-62(67)68-57-53-49-45-41-37-33-29-26-23-21-20-22-25-27-31-35-39-43-47-51-55-61(66)63-59(58-64)60(65)54-50-46-42-38-34-30-18-16-14-12-10-8-6-4-2/h20,22,59-60,64-65H,3-19,21,23-58H2,1-2H3,(H,63,66)/b22-20-. The van der Waals surface area contributed by atoms with Crippen LogP contribution >= 0.6 is 0 Å². The number of ether oxygens (including phenoxy) is 1. The molecular weight excluding hydrogens is 839 g/mol. The summed E-state index contributed by atoms with van der Waals surface area (Å²) in [5.74, 6) is -0.0307. The second kappa shape index (κ2) is 58.2. The summed E-state index contributed by atoms with van der Waals surface area (Å²) >= 11 is 0. The Labute approximate surface area is 425 Å². The van der Waals surface area contributed by atoms with Crippen LogP contribution in [0.5, 0.6) is 0 Å². The smallest absolute Gasteiger partial charge is 0.305 e. The Morgan fingerprint density at radius 3 is 1.04 bits per heavy atom. The first-order valence-corrected chi connectivity index (χ1v) is 30.9. The normalized spacial score (nSPS) is 12.6. The fourth-order valence-electron chi connectivity index (χ4n) is 9.81. The lowest BCUT2D eigenvalue weighted by molar-refractivity contribution is -0.143. The highest BCUT2D eigenvalue weighted by atomic mass is 16.5. The van der Waals surface area contributed by atoms with E-state index in [1.165, 1.54) is 276 Å². The van der Waals surface area contributed by atoms with Gasteiger partial charge in [0.25, 0.3) is 0 Å². The molecule has 0 bridgehead atoms. The summed E-state index contributed by atoms with van der Waals surface area (Å²) in [6, 6.07) is -0.546. The number of hydrogen-bond donors (Lipinski definition) is 3. The van der Waals surface area contributed by atoms with Crippen molar-refractivity contribution in [1.29, 1.82) is 0 Å². The van der Waals surface area contributed by atoms with Gasteiger partial charge in [0.2, 0.25) is 5.91 Å². The quantitative estimate of drug-likeness (QED) is 0.0321. The van der Waals surface area contributed by atoms with Crippen molar-refractivity contribution in [3.8, 4) is 0 Å². The van der Waals surface area contributed by atoms with Crippen molar-refractivity contribution >= 4 is 11.9 Å². The number of rotatable bonds is 58. The van der Waals surface area contributed by atoms with Crippen LogP contribution in [0.2, 0.25) is 0 Å². The van der Waals surface area contributed by atoms with Crippen LogP contribution < -0.4 is 5.32 Å². The van der Waals surface area contributed by atoms with E-state index in [9.17, 15) is 19.8 Å². The van der Waals surface area contributed by atoms with Crippen molar-refractivity contribution in [2.24, 2.45) is 0 Å². The molecule has 0 aliphatic carbocycles. The molecular formula is C62H121NO5. The maximum absolute atomic E-state index is 12.5. The van der Waals surface area contributed by atoms with Gasteiger partial charge in [-0.1, -0.05) is 296 Å². The molecule has 2 atom stereocenters. The summed E-state index contributed by atoms with van der Waals surface area (Å²) < 4.78 is 5.49. The highest BCUT2D eigenvalue weighted by Crippen LogP contribution is 2.18. The van der Waals surface area contributed by atoms with Crippen LogP contribution in [0, 0.1) is 0 Å². The molecule has 0 rings (SSSR count). The van der Waals surface area contributed by atoms with E-state index in [1.807, 2.05) is 0 Å². The fourth-order valence-corrected chi connectivity index (χ4v) is 9.81. The number of hydrogen-bond acceptors (Lipinski definition) is 5. The number of aliphatic hydroxyl groups excluding tert-OH is 2. The number of unbranched alkanes of at least 4 members (excludes halogenated alkanes) is 45. The molecule has 0 aromatic heterocycles. The van der Waals surface area contributed by atoms with Crippen LogP contribution in [-0.4, -0.2) is 47.4 Å². The van der Waals surface area contributed by atoms with Gasteiger partial charge in [0.15, 0.2) is 0 Å². The van der Waals surface area contributed by atoms with Gasteiger partial charge in [0.1, 0.15) is 0 Å². The van der Waals surface area contributed by atoms with Crippen molar-refractivity contribution < 1.29 is 24.5 Å². The maximum Gasteiger partial charge on any atom is 0.305 e. The number of nitrogens with one attached hydrogen (secondary N) is 1. The van der Waals surface area contributed by atoms with Crippen LogP contribution in [-0.2, 0) is 14.3 Å². The molecule has 68 heavy (non-hydrogen) atoms. The van der Waals surface area contributed by atoms with Gasteiger partial charge in [-0.05, 0) is 51.4 Å². The molecule has 0 saturated heterocycles. The van der Waals surface area contributed by atoms with E-state index >= 15 is 0 Å². The van der Waals surface area contributed by atoms with E-state index in [0.29, 0.717) is 25.9 Å². The van der Waals surface area contributed by atoms with Crippen molar-refractivity contribution in [2.75, 3.05) is 13.2 Å². The summed E-state index contributed by atoms with van der Waals surface area (Å²) in [5, 5.41) is 23.3. The van der Waals surface area contributed by atoms with E-state index in [-0.39, 0.29) is 18.5 Å². The molecule has 0 heterocycles. The average Bonchev–Trinajstić information content (AvgIpc) is 3.34. The minimum absolute atomic E-state index is 0.0109. The highest BCUT2D eigenvalue weighted by molar-refractivity contribution is 5.76. The summed E-state index contributed by atoms with van der Waals surface area (Å²) in [6.07, 6.45) is 69.3. The van der Waals surface area contributed by atoms with E-state index < -0.39 is 12.1 Å². The van der Waals surface area contributed by atoms with Gasteiger partial charge in [-0.2, -0.15) is 0 Å². The van der Waals surface area contributed by atoms with Gasteiger partial charge in [-0.25, -0.2) is 0 Å². The molecule has 0 aromatic carbocycles. The SMILES string of the molecule is CCCCCCCCCCCCCCCCCCCC(=O)OCCCCCCCCCCC/C=C\CCCCCCCCCC(=O)NC(CO)C(O)CCCCCCCCCCCCCCCC. The monoisotopic (exact) mass is 960 g/mol. The predicted molar refractivity (Wildman–Crippen MR) is 297 cm³/mol. The van der Waals surface area contributed by atoms with Gasteiger partial charge in [0, 0.05) is 12.8 Å². The second-order valence-electron chi connectivity index (χ2n) is 21.4. The van der Waals surface area contributed by atoms with E-state index in [1.54, 1.807) is 0 Å². The van der Waals surface area contributed by atoms with Crippen molar-refractivity contribution in [3.05, 3.63) is 12.2 Å². The zero-order valence-corrected chi connectivity index (χ0v) is 46.1. The second-order valence-corrected chi connectivity index (χ2v) is 21.4. The molecule has 6 nitrogen and oxygen atoms in total. The van der Waals surface area contributed by atoms with E-state index in [2.05, 4.69) is 31.3 Å². The number of aliphatic hydroxyl groups is 2.